The monoisotopic (exact) mass is 804 g/mol. The topological polar surface area (TPSA) is 186 Å². The summed E-state index contributed by atoms with van der Waals surface area (Å²) in [6.45, 7) is 7.31. The molecule has 4 heterocycles. The van der Waals surface area contributed by atoms with Gasteiger partial charge in [0.25, 0.3) is 5.91 Å². The number of aromatic nitrogens is 2. The lowest BCUT2D eigenvalue weighted by Gasteiger charge is -2.33. The fraction of sp³-hybridized carbons (Fsp3) is 0.610. The van der Waals surface area contributed by atoms with E-state index in [2.05, 4.69) is 26.6 Å². The second-order valence-electron chi connectivity index (χ2n) is 16.4. The van der Waals surface area contributed by atoms with Crippen molar-refractivity contribution < 1.29 is 41.8 Å². The molecule has 0 spiro atoms. The van der Waals surface area contributed by atoms with E-state index in [1.54, 1.807) is 0 Å². The number of fused-ring (bicyclic) bond motifs is 4. The van der Waals surface area contributed by atoms with Crippen molar-refractivity contribution >= 4 is 50.6 Å². The highest BCUT2D eigenvalue weighted by atomic mass is 32.2. The standard InChI is InChI=1S/C41H52N6O9S/c1-3-27-22-41(27,39(51)45-57(52,53)30-14-15-30)44-36(49)34-20-29-23-47(34)38(50)31(26-10-5-6-11-26)21-35(48)46-17-7-12-28(46)24-54-18-8-9-25-13-16-33-32(19-25)37(56-29)43-40(42-33)55-4-2/h3,8-9,13,16,19,26-31,34H,1,4-7,10-12,14-15,17-18,20-24H2,2H3,(H,44,49)(H,45,51)/b9-8+/t27-,28-,29-,31+,34+,41-/m1/s1. The van der Waals surface area contributed by atoms with Gasteiger partial charge in [0.2, 0.25) is 33.6 Å². The molecule has 16 heteroatoms. The minimum atomic E-state index is -3.90. The zero-order chi connectivity index (χ0) is 39.9. The molecule has 15 nitrogen and oxygen atoms in total. The summed E-state index contributed by atoms with van der Waals surface area (Å²) in [5, 5.41) is 2.85. The van der Waals surface area contributed by atoms with Crippen LogP contribution in [0.5, 0.6) is 11.9 Å². The number of nitrogens with zero attached hydrogens (tertiary/aromatic N) is 4. The smallest absolute Gasteiger partial charge is 0.320 e. The fourth-order valence-electron chi connectivity index (χ4n) is 9.16. The molecule has 2 saturated heterocycles. The van der Waals surface area contributed by atoms with Crippen LogP contribution in [-0.4, -0.2) is 114 Å². The zero-order valence-electron chi connectivity index (χ0n) is 32.4. The van der Waals surface area contributed by atoms with E-state index in [1.165, 1.54) is 11.0 Å². The van der Waals surface area contributed by atoms with Crippen molar-refractivity contribution in [2.24, 2.45) is 17.8 Å². The first kappa shape index (κ1) is 39.3. The minimum Gasteiger partial charge on any atom is -0.472 e. The Balaban J connectivity index is 1.15. The number of carbonyl (C=O) groups excluding carboxylic acids is 4. The number of rotatable bonds is 9. The second-order valence-corrected chi connectivity index (χ2v) is 18.3. The normalized spacial score (nSPS) is 30.2. The molecule has 3 aliphatic heterocycles. The van der Waals surface area contributed by atoms with Crippen molar-refractivity contribution in [3.05, 3.63) is 42.5 Å². The number of sulfonamides is 1. The van der Waals surface area contributed by atoms with E-state index < -0.39 is 56.6 Å². The van der Waals surface area contributed by atoms with Gasteiger partial charge in [-0.1, -0.05) is 37.1 Å². The van der Waals surface area contributed by atoms with Gasteiger partial charge < -0.3 is 29.3 Å². The molecule has 57 heavy (non-hydrogen) atoms. The van der Waals surface area contributed by atoms with Crippen LogP contribution < -0.4 is 19.5 Å². The van der Waals surface area contributed by atoms with Crippen LogP contribution in [0, 0.1) is 17.8 Å². The molecule has 8 rings (SSSR count). The van der Waals surface area contributed by atoms with Crippen molar-refractivity contribution in [1.29, 1.82) is 0 Å². The molecular formula is C41H52N6O9S. The summed E-state index contributed by atoms with van der Waals surface area (Å²) in [6.07, 6.45) is 11.0. The Kier molecular flexibility index (Phi) is 11.0. The molecular weight excluding hydrogens is 753 g/mol. The Bertz CT molecular complexity index is 2070. The maximum absolute atomic E-state index is 15.0. The number of hydrogen-bond acceptors (Lipinski definition) is 11. The van der Waals surface area contributed by atoms with Gasteiger partial charge in [-0.15, -0.1) is 6.58 Å². The van der Waals surface area contributed by atoms with Crippen LogP contribution in [0.3, 0.4) is 0 Å². The van der Waals surface area contributed by atoms with E-state index in [9.17, 15) is 22.8 Å². The van der Waals surface area contributed by atoms with Crippen molar-refractivity contribution in [1.82, 2.24) is 29.8 Å². The summed E-state index contributed by atoms with van der Waals surface area (Å²) in [7, 11) is -3.90. The van der Waals surface area contributed by atoms with Gasteiger partial charge in [0.15, 0.2) is 0 Å². The predicted molar refractivity (Wildman–Crippen MR) is 209 cm³/mol. The molecule has 4 amide bonds. The van der Waals surface area contributed by atoms with Gasteiger partial charge in [-0.2, -0.15) is 9.97 Å². The first-order valence-electron chi connectivity index (χ1n) is 20.5. The average molecular weight is 805 g/mol. The number of hydrogen-bond donors (Lipinski definition) is 2. The zero-order valence-corrected chi connectivity index (χ0v) is 33.2. The van der Waals surface area contributed by atoms with Crippen molar-refractivity contribution in [2.45, 2.75) is 107 Å². The minimum absolute atomic E-state index is 0.0102. The van der Waals surface area contributed by atoms with Crippen LogP contribution in [-0.2, 0) is 33.9 Å². The molecule has 306 valence electrons. The molecule has 4 bridgehead atoms. The number of amides is 4. The Morgan fingerprint density at radius 2 is 1.89 bits per heavy atom. The lowest BCUT2D eigenvalue weighted by molar-refractivity contribution is -0.147. The number of ether oxygens (including phenoxy) is 3. The molecule has 1 aromatic carbocycles. The highest BCUT2D eigenvalue weighted by molar-refractivity contribution is 7.91. The Hall–Kier alpha value is -4.57. The maximum Gasteiger partial charge on any atom is 0.320 e. The lowest BCUT2D eigenvalue weighted by Crippen LogP contribution is -2.57. The third-order valence-corrected chi connectivity index (χ3v) is 14.3. The van der Waals surface area contributed by atoms with Crippen molar-refractivity contribution in [3.63, 3.8) is 0 Å². The van der Waals surface area contributed by atoms with Crippen LogP contribution in [0.4, 0.5) is 0 Å². The van der Waals surface area contributed by atoms with E-state index in [0.29, 0.717) is 50.1 Å². The average Bonchev–Trinajstić information content (AvgIpc) is 3.96. The van der Waals surface area contributed by atoms with Gasteiger partial charge in [0.05, 0.1) is 48.6 Å². The van der Waals surface area contributed by atoms with Gasteiger partial charge in [0, 0.05) is 31.2 Å². The van der Waals surface area contributed by atoms with Crippen LogP contribution in [0.25, 0.3) is 17.0 Å². The SMILES string of the molecule is C=C[C@@H]1C[C@]1(NC(=O)[C@@H]1C[C@@H]2CN1C(=O)[C@H](C1CCCC1)CC(=O)N1CCC[C@@H]1COC/C=C/c1ccc3nc(OCC)nc(c3c1)O2)C(=O)NS(=O)(=O)C1CC1. The summed E-state index contributed by atoms with van der Waals surface area (Å²) < 4.78 is 46.2. The fourth-order valence-corrected chi connectivity index (χ4v) is 10.5. The molecule has 6 atom stereocenters. The summed E-state index contributed by atoms with van der Waals surface area (Å²) in [5.41, 5.74) is -0.0956. The largest absolute Gasteiger partial charge is 0.472 e. The summed E-state index contributed by atoms with van der Waals surface area (Å²) in [5.74, 6) is -2.83. The third kappa shape index (κ3) is 8.12. The molecule has 3 saturated carbocycles. The van der Waals surface area contributed by atoms with Crippen LogP contribution in [0.2, 0.25) is 0 Å². The summed E-state index contributed by atoms with van der Waals surface area (Å²) >= 11 is 0. The highest BCUT2D eigenvalue weighted by Crippen LogP contribution is 2.46. The Labute approximate surface area is 333 Å². The first-order valence-corrected chi connectivity index (χ1v) is 22.0. The van der Waals surface area contributed by atoms with Gasteiger partial charge in [-0.25, -0.2) is 8.42 Å². The van der Waals surface area contributed by atoms with E-state index in [4.69, 9.17) is 14.2 Å². The van der Waals surface area contributed by atoms with E-state index >= 15 is 4.79 Å². The molecule has 6 aliphatic rings. The molecule has 1 aromatic heterocycles. The van der Waals surface area contributed by atoms with Crippen LogP contribution >= 0.6 is 0 Å². The van der Waals surface area contributed by atoms with Gasteiger partial charge >= 0.3 is 6.01 Å². The van der Waals surface area contributed by atoms with Gasteiger partial charge in [-0.3, -0.25) is 23.9 Å². The number of benzene rings is 1. The number of nitrogens with one attached hydrogen (secondary N) is 2. The quantitative estimate of drug-likeness (QED) is 0.355. The van der Waals surface area contributed by atoms with E-state index in [1.807, 2.05) is 42.2 Å². The Morgan fingerprint density at radius 3 is 2.63 bits per heavy atom. The Morgan fingerprint density at radius 1 is 1.09 bits per heavy atom. The molecule has 0 unspecified atom stereocenters. The van der Waals surface area contributed by atoms with Crippen LogP contribution in [0.1, 0.15) is 83.1 Å². The summed E-state index contributed by atoms with van der Waals surface area (Å²) in [4.78, 5) is 69.9. The molecule has 0 radical (unpaired) electrons. The van der Waals surface area contributed by atoms with Crippen molar-refractivity contribution in [2.75, 3.05) is 32.9 Å². The first-order chi connectivity index (χ1) is 27.5. The van der Waals surface area contributed by atoms with Gasteiger partial charge in [-0.05, 0) is 75.5 Å². The van der Waals surface area contributed by atoms with Crippen LogP contribution in [0.15, 0.2) is 36.9 Å². The highest BCUT2D eigenvalue weighted by Gasteiger charge is 2.62. The predicted octanol–water partition coefficient (Wildman–Crippen LogP) is 3.28. The lowest BCUT2D eigenvalue weighted by atomic mass is 9.86. The molecule has 3 aliphatic carbocycles. The number of carbonyl (C=O) groups is 4. The van der Waals surface area contributed by atoms with Gasteiger partial charge in [0.1, 0.15) is 17.7 Å². The summed E-state index contributed by atoms with van der Waals surface area (Å²) in [6, 6.07) is 4.60. The van der Waals surface area contributed by atoms with E-state index in [0.717, 1.165) is 44.1 Å². The second kappa shape index (κ2) is 16.0. The molecule has 2 aromatic rings. The molecule has 2 N–H and O–H groups in total. The maximum atomic E-state index is 15.0. The van der Waals surface area contributed by atoms with E-state index in [-0.39, 0.29) is 61.5 Å². The van der Waals surface area contributed by atoms with Crippen molar-refractivity contribution in [3.8, 4) is 11.9 Å². The third-order valence-electron chi connectivity index (χ3n) is 12.5. The molecule has 5 fully saturated rings.